The molecule has 0 rings (SSSR count). The Balaban J connectivity index is 3.53. The molecular formula is C7H15O3. The summed E-state index contributed by atoms with van der Waals surface area (Å²) in [5.74, 6) is 0. The average molecular weight is 147 g/mol. The molecule has 0 aromatic carbocycles. The van der Waals surface area contributed by atoms with Crippen molar-refractivity contribution < 1.29 is 14.6 Å². The zero-order valence-corrected chi connectivity index (χ0v) is 6.79. The monoisotopic (exact) mass is 147 g/mol. The van der Waals surface area contributed by atoms with Crippen molar-refractivity contribution in [2.24, 2.45) is 0 Å². The maximum Gasteiger partial charge on any atom is 0.142 e. The Bertz CT molecular complexity index is 71.3. The number of methoxy groups -OCH3 is 2. The molecule has 0 amide bonds. The standard InChI is InChI=1S/C7H15O3/c1-4-7(10-3)6(8)5-9-2/h6-7H,4-5H2,1-3H3. The molecule has 0 fully saturated rings. The Morgan fingerprint density at radius 3 is 2.30 bits per heavy atom. The van der Waals surface area contributed by atoms with Crippen LogP contribution in [0, 0.1) is 0 Å². The van der Waals surface area contributed by atoms with E-state index in [9.17, 15) is 5.11 Å². The second-order valence-electron chi connectivity index (χ2n) is 2.18. The van der Waals surface area contributed by atoms with E-state index in [0.29, 0.717) is 0 Å². The minimum atomic E-state index is -0.750. The van der Waals surface area contributed by atoms with E-state index in [1.54, 1.807) is 7.11 Å². The normalized spacial score (nSPS) is 16.8. The topological polar surface area (TPSA) is 38.4 Å². The molecule has 3 heteroatoms. The summed E-state index contributed by atoms with van der Waals surface area (Å²) in [6, 6.07) is 0. The molecule has 0 bridgehead atoms. The molecular weight excluding hydrogens is 132 g/mol. The molecule has 0 saturated carbocycles. The minimum absolute atomic E-state index is 0.208. The van der Waals surface area contributed by atoms with Crippen molar-refractivity contribution >= 4 is 0 Å². The van der Waals surface area contributed by atoms with E-state index in [1.165, 1.54) is 7.11 Å². The van der Waals surface area contributed by atoms with Crippen LogP contribution >= 0.6 is 0 Å². The SMILES string of the molecule is CCC(OC)C([O])COC. The maximum absolute atomic E-state index is 11.0. The lowest BCUT2D eigenvalue weighted by Crippen LogP contribution is -2.29. The molecule has 61 valence electrons. The molecule has 0 aromatic rings. The number of hydrogen-bond donors (Lipinski definition) is 0. The zero-order chi connectivity index (χ0) is 7.98. The largest absolute Gasteiger partial charge is 0.382 e. The highest BCUT2D eigenvalue weighted by atomic mass is 16.5. The van der Waals surface area contributed by atoms with Crippen molar-refractivity contribution in [1.82, 2.24) is 0 Å². The fourth-order valence-corrected chi connectivity index (χ4v) is 0.853. The van der Waals surface area contributed by atoms with Crippen LogP contribution in [0.5, 0.6) is 0 Å². The summed E-state index contributed by atoms with van der Waals surface area (Å²) in [5, 5.41) is 11.0. The van der Waals surface area contributed by atoms with Gasteiger partial charge in [0.05, 0.1) is 12.7 Å². The smallest absolute Gasteiger partial charge is 0.142 e. The molecule has 0 saturated heterocycles. The molecule has 0 heterocycles. The van der Waals surface area contributed by atoms with E-state index in [-0.39, 0.29) is 12.7 Å². The molecule has 0 aliphatic heterocycles. The lowest BCUT2D eigenvalue weighted by molar-refractivity contribution is -0.0805. The molecule has 0 aromatic heterocycles. The minimum Gasteiger partial charge on any atom is -0.382 e. The van der Waals surface area contributed by atoms with Crippen molar-refractivity contribution in [2.75, 3.05) is 20.8 Å². The molecule has 0 spiro atoms. The summed E-state index contributed by atoms with van der Waals surface area (Å²) in [6.07, 6.45) is -0.214. The summed E-state index contributed by atoms with van der Waals surface area (Å²) < 4.78 is 9.62. The molecule has 3 nitrogen and oxygen atoms in total. The Hall–Kier alpha value is -0.120. The fraction of sp³-hybridized carbons (Fsp3) is 1.00. The first-order valence-electron chi connectivity index (χ1n) is 3.43. The predicted octanol–water partition coefficient (Wildman–Crippen LogP) is 0.857. The van der Waals surface area contributed by atoms with Crippen molar-refractivity contribution in [3.8, 4) is 0 Å². The lowest BCUT2D eigenvalue weighted by atomic mass is 10.2. The van der Waals surface area contributed by atoms with Gasteiger partial charge < -0.3 is 9.47 Å². The molecule has 2 unspecified atom stereocenters. The Morgan fingerprint density at radius 1 is 1.40 bits per heavy atom. The molecule has 0 aliphatic carbocycles. The van der Waals surface area contributed by atoms with Crippen LogP contribution < -0.4 is 0 Å². The van der Waals surface area contributed by atoms with Gasteiger partial charge in [-0.15, -0.1) is 0 Å². The van der Waals surface area contributed by atoms with Crippen LogP contribution in [0.15, 0.2) is 0 Å². The van der Waals surface area contributed by atoms with Gasteiger partial charge in [-0.2, -0.15) is 0 Å². The first kappa shape index (κ1) is 9.88. The van der Waals surface area contributed by atoms with Gasteiger partial charge in [0.2, 0.25) is 0 Å². The second kappa shape index (κ2) is 5.65. The zero-order valence-electron chi connectivity index (χ0n) is 6.79. The fourth-order valence-electron chi connectivity index (χ4n) is 0.853. The van der Waals surface area contributed by atoms with Crippen LogP contribution in [0.1, 0.15) is 13.3 Å². The van der Waals surface area contributed by atoms with E-state index >= 15 is 0 Å². The number of hydrogen-bond acceptors (Lipinski definition) is 2. The van der Waals surface area contributed by atoms with Crippen molar-refractivity contribution in [3.05, 3.63) is 0 Å². The molecule has 2 atom stereocenters. The Morgan fingerprint density at radius 2 is 2.00 bits per heavy atom. The number of rotatable bonds is 5. The van der Waals surface area contributed by atoms with E-state index in [4.69, 9.17) is 9.47 Å². The van der Waals surface area contributed by atoms with Gasteiger partial charge in [-0.25, -0.2) is 5.11 Å². The maximum atomic E-state index is 11.0. The van der Waals surface area contributed by atoms with E-state index < -0.39 is 6.10 Å². The Kier molecular flexibility index (Phi) is 5.58. The van der Waals surface area contributed by atoms with Crippen molar-refractivity contribution in [1.29, 1.82) is 0 Å². The van der Waals surface area contributed by atoms with Gasteiger partial charge in [-0.1, -0.05) is 6.92 Å². The third kappa shape index (κ3) is 3.15. The highest BCUT2D eigenvalue weighted by molar-refractivity contribution is 4.65. The first-order valence-corrected chi connectivity index (χ1v) is 3.43. The van der Waals surface area contributed by atoms with E-state index in [1.807, 2.05) is 6.92 Å². The van der Waals surface area contributed by atoms with Gasteiger partial charge in [0, 0.05) is 14.2 Å². The van der Waals surface area contributed by atoms with Gasteiger partial charge in [-0.05, 0) is 6.42 Å². The molecule has 0 N–H and O–H groups in total. The summed E-state index contributed by atoms with van der Waals surface area (Å²) in [4.78, 5) is 0. The summed E-state index contributed by atoms with van der Waals surface area (Å²) >= 11 is 0. The van der Waals surface area contributed by atoms with Crippen LogP contribution in [-0.4, -0.2) is 33.0 Å². The van der Waals surface area contributed by atoms with Crippen molar-refractivity contribution in [2.45, 2.75) is 25.6 Å². The van der Waals surface area contributed by atoms with E-state index in [2.05, 4.69) is 0 Å². The summed E-state index contributed by atoms with van der Waals surface area (Å²) in [5.41, 5.74) is 0. The summed E-state index contributed by atoms with van der Waals surface area (Å²) in [7, 11) is 3.07. The van der Waals surface area contributed by atoms with Crippen LogP contribution in [0.3, 0.4) is 0 Å². The van der Waals surface area contributed by atoms with Gasteiger partial charge in [-0.3, -0.25) is 0 Å². The third-order valence-electron chi connectivity index (χ3n) is 1.45. The molecule has 10 heavy (non-hydrogen) atoms. The van der Waals surface area contributed by atoms with Crippen LogP contribution in [0.2, 0.25) is 0 Å². The quantitative estimate of drug-likeness (QED) is 0.578. The second-order valence-corrected chi connectivity index (χ2v) is 2.18. The van der Waals surface area contributed by atoms with Crippen LogP contribution in [0.4, 0.5) is 0 Å². The molecule has 0 aliphatic rings. The predicted molar refractivity (Wildman–Crippen MR) is 37.4 cm³/mol. The highest BCUT2D eigenvalue weighted by Gasteiger charge is 2.17. The first-order chi connectivity index (χ1) is 4.76. The average Bonchev–Trinajstić information content (AvgIpc) is 1.91. The molecule has 1 radical (unpaired) electrons. The van der Waals surface area contributed by atoms with Crippen LogP contribution in [0.25, 0.3) is 0 Å². The van der Waals surface area contributed by atoms with Gasteiger partial charge >= 0.3 is 0 Å². The Labute approximate surface area is 62.0 Å². The third-order valence-corrected chi connectivity index (χ3v) is 1.45. The van der Waals surface area contributed by atoms with Gasteiger partial charge in [0.25, 0.3) is 0 Å². The lowest BCUT2D eigenvalue weighted by Gasteiger charge is -2.16. The highest BCUT2D eigenvalue weighted by Crippen LogP contribution is 2.03. The van der Waals surface area contributed by atoms with E-state index in [0.717, 1.165) is 6.42 Å². The van der Waals surface area contributed by atoms with Gasteiger partial charge in [0.1, 0.15) is 6.10 Å². The summed E-state index contributed by atoms with van der Waals surface area (Å²) in [6.45, 7) is 2.15. The van der Waals surface area contributed by atoms with Gasteiger partial charge in [0.15, 0.2) is 0 Å². The van der Waals surface area contributed by atoms with Crippen molar-refractivity contribution in [3.63, 3.8) is 0 Å². The number of ether oxygens (including phenoxy) is 2. The van der Waals surface area contributed by atoms with Crippen LogP contribution in [-0.2, 0) is 14.6 Å².